The third-order valence-electron chi connectivity index (χ3n) is 3.33. The summed E-state index contributed by atoms with van der Waals surface area (Å²) in [5.41, 5.74) is 1.49. The van der Waals surface area contributed by atoms with E-state index in [0.717, 1.165) is 6.26 Å². The zero-order chi connectivity index (χ0) is 18.7. The van der Waals surface area contributed by atoms with Crippen LogP contribution < -0.4 is 4.72 Å². The molecule has 26 heavy (non-hydrogen) atoms. The maximum atomic E-state index is 12.3. The molecule has 3 aromatic rings. The van der Waals surface area contributed by atoms with Gasteiger partial charge in [-0.05, 0) is 41.6 Å². The third kappa shape index (κ3) is 4.64. The van der Waals surface area contributed by atoms with E-state index in [9.17, 15) is 13.2 Å². The molecule has 2 aromatic carbocycles. The van der Waals surface area contributed by atoms with Gasteiger partial charge in [-0.1, -0.05) is 23.7 Å². The normalized spacial score (nSPS) is 11.3. The van der Waals surface area contributed by atoms with E-state index in [2.05, 4.69) is 20.1 Å². The number of nitrogens with one attached hydrogen (secondary N) is 1. The number of hydrogen-bond acceptors (Lipinski definition) is 6. The Morgan fingerprint density at radius 3 is 2.58 bits per heavy atom. The average Bonchev–Trinajstić information content (AvgIpc) is 3.02. The highest BCUT2D eigenvalue weighted by molar-refractivity contribution is 7.92. The first-order valence-corrected chi connectivity index (χ1v) is 9.72. The van der Waals surface area contributed by atoms with E-state index >= 15 is 0 Å². The topological polar surface area (TPSA) is 107 Å². The van der Waals surface area contributed by atoms with Crippen LogP contribution in [0.15, 0.2) is 48.5 Å². The van der Waals surface area contributed by atoms with E-state index in [4.69, 9.17) is 11.6 Å². The van der Waals surface area contributed by atoms with Crippen molar-refractivity contribution in [2.75, 3.05) is 11.0 Å². The van der Waals surface area contributed by atoms with Crippen molar-refractivity contribution in [2.24, 2.45) is 0 Å². The van der Waals surface area contributed by atoms with Gasteiger partial charge in [0.05, 0.1) is 6.26 Å². The highest BCUT2D eigenvalue weighted by Gasteiger charge is 2.12. The Kier molecular flexibility index (Phi) is 5.01. The van der Waals surface area contributed by atoms with Crippen molar-refractivity contribution in [3.63, 3.8) is 0 Å². The first-order chi connectivity index (χ1) is 12.3. The standard InChI is InChI=1S/C16H14ClN5O3S/c1-26(24,25)20-14-7-5-11(6-8-14)15(23)10-22-19-16(18-21-22)12-3-2-4-13(17)9-12/h2-9,20H,10H2,1H3. The van der Waals surface area contributed by atoms with Gasteiger partial charge in [0, 0.05) is 21.8 Å². The lowest BCUT2D eigenvalue weighted by Gasteiger charge is -2.05. The van der Waals surface area contributed by atoms with Crippen molar-refractivity contribution in [3.8, 4) is 11.4 Å². The van der Waals surface area contributed by atoms with Gasteiger partial charge in [0.2, 0.25) is 15.8 Å². The Labute approximate surface area is 154 Å². The number of carbonyl (C=O) groups excluding carboxylic acids is 1. The molecule has 10 heteroatoms. The maximum Gasteiger partial charge on any atom is 0.229 e. The summed E-state index contributed by atoms with van der Waals surface area (Å²) in [4.78, 5) is 13.5. The van der Waals surface area contributed by atoms with Crippen molar-refractivity contribution in [1.82, 2.24) is 20.2 Å². The van der Waals surface area contributed by atoms with E-state index in [1.54, 1.807) is 24.3 Å². The average molecular weight is 392 g/mol. The lowest BCUT2D eigenvalue weighted by Crippen LogP contribution is -2.14. The van der Waals surface area contributed by atoms with Crippen LogP contribution in [0.5, 0.6) is 0 Å². The van der Waals surface area contributed by atoms with E-state index in [0.29, 0.717) is 27.7 Å². The monoisotopic (exact) mass is 391 g/mol. The summed E-state index contributed by atoms with van der Waals surface area (Å²) in [6.45, 7) is -0.0909. The van der Waals surface area contributed by atoms with Crippen molar-refractivity contribution >= 4 is 33.1 Å². The molecule has 0 aliphatic rings. The van der Waals surface area contributed by atoms with Crippen LogP contribution in [0.1, 0.15) is 10.4 Å². The molecule has 0 bridgehead atoms. The van der Waals surface area contributed by atoms with Crippen molar-refractivity contribution in [3.05, 3.63) is 59.1 Å². The number of halogens is 1. The van der Waals surface area contributed by atoms with Crippen molar-refractivity contribution < 1.29 is 13.2 Å². The van der Waals surface area contributed by atoms with E-state index in [1.165, 1.54) is 29.1 Å². The molecule has 0 saturated carbocycles. The molecule has 0 amide bonds. The summed E-state index contributed by atoms with van der Waals surface area (Å²) in [6.07, 6.45) is 1.06. The van der Waals surface area contributed by atoms with Gasteiger partial charge in [0.15, 0.2) is 5.78 Å². The lowest BCUT2D eigenvalue weighted by molar-refractivity contribution is 0.0961. The Balaban J connectivity index is 1.70. The fourth-order valence-corrected chi connectivity index (χ4v) is 2.97. The van der Waals surface area contributed by atoms with Gasteiger partial charge in [0.25, 0.3) is 0 Å². The molecule has 0 aliphatic carbocycles. The number of sulfonamides is 1. The van der Waals surface area contributed by atoms with Gasteiger partial charge in [-0.25, -0.2) is 8.42 Å². The predicted molar refractivity (Wildman–Crippen MR) is 97.5 cm³/mol. The largest absolute Gasteiger partial charge is 0.292 e. The number of hydrogen-bond donors (Lipinski definition) is 1. The molecule has 3 rings (SSSR count). The molecule has 0 saturated heterocycles. The first kappa shape index (κ1) is 18.0. The molecule has 1 heterocycles. The van der Waals surface area contributed by atoms with Crippen LogP contribution in [-0.2, 0) is 16.6 Å². The number of ketones is 1. The molecule has 1 N–H and O–H groups in total. The van der Waals surface area contributed by atoms with E-state index < -0.39 is 10.0 Å². The van der Waals surface area contributed by atoms with Crippen LogP contribution in [0, 0.1) is 0 Å². The molecular formula is C16H14ClN5O3S. The van der Waals surface area contributed by atoms with Crippen LogP contribution in [0.25, 0.3) is 11.4 Å². The van der Waals surface area contributed by atoms with E-state index in [-0.39, 0.29) is 12.3 Å². The van der Waals surface area contributed by atoms with Crippen LogP contribution in [-0.4, -0.2) is 40.7 Å². The Morgan fingerprint density at radius 1 is 1.19 bits per heavy atom. The number of tetrazole rings is 1. The molecule has 0 unspecified atom stereocenters. The molecule has 0 spiro atoms. The highest BCUT2D eigenvalue weighted by atomic mass is 35.5. The minimum absolute atomic E-state index is 0.0909. The molecule has 0 radical (unpaired) electrons. The van der Waals surface area contributed by atoms with Crippen molar-refractivity contribution in [2.45, 2.75) is 6.54 Å². The molecular weight excluding hydrogens is 378 g/mol. The first-order valence-electron chi connectivity index (χ1n) is 7.45. The molecule has 1 aromatic heterocycles. The van der Waals surface area contributed by atoms with Crippen LogP contribution in [0.3, 0.4) is 0 Å². The number of benzene rings is 2. The zero-order valence-corrected chi connectivity index (χ0v) is 15.2. The van der Waals surface area contributed by atoms with Gasteiger partial charge in [-0.15, -0.1) is 10.2 Å². The minimum atomic E-state index is -3.36. The van der Waals surface area contributed by atoms with Gasteiger partial charge in [-0.2, -0.15) is 4.80 Å². The van der Waals surface area contributed by atoms with Crippen LogP contribution in [0.4, 0.5) is 5.69 Å². The number of anilines is 1. The van der Waals surface area contributed by atoms with Gasteiger partial charge < -0.3 is 0 Å². The summed E-state index contributed by atoms with van der Waals surface area (Å²) < 4.78 is 24.7. The second kappa shape index (κ2) is 7.22. The number of Topliss-reactive ketones (excluding diaryl/α,β-unsaturated/α-hetero) is 1. The maximum absolute atomic E-state index is 12.3. The highest BCUT2D eigenvalue weighted by Crippen LogP contribution is 2.18. The van der Waals surface area contributed by atoms with Gasteiger partial charge in [0.1, 0.15) is 6.54 Å². The minimum Gasteiger partial charge on any atom is -0.292 e. The Bertz CT molecular complexity index is 1050. The molecule has 134 valence electrons. The fraction of sp³-hybridized carbons (Fsp3) is 0.125. The molecule has 0 aliphatic heterocycles. The second-order valence-electron chi connectivity index (χ2n) is 5.53. The lowest BCUT2D eigenvalue weighted by atomic mass is 10.1. The molecule has 8 nitrogen and oxygen atoms in total. The number of aromatic nitrogens is 4. The van der Waals surface area contributed by atoms with Gasteiger partial charge >= 0.3 is 0 Å². The quantitative estimate of drug-likeness (QED) is 0.646. The SMILES string of the molecule is CS(=O)(=O)Nc1ccc(C(=O)Cn2nnc(-c3cccc(Cl)c3)n2)cc1. The third-order valence-corrected chi connectivity index (χ3v) is 4.17. The number of rotatable bonds is 6. The van der Waals surface area contributed by atoms with Gasteiger partial charge in [-0.3, -0.25) is 9.52 Å². The number of nitrogens with zero attached hydrogens (tertiary/aromatic N) is 4. The summed E-state index contributed by atoms with van der Waals surface area (Å²) in [7, 11) is -3.36. The summed E-state index contributed by atoms with van der Waals surface area (Å²) in [5.74, 6) is 0.138. The fourth-order valence-electron chi connectivity index (χ4n) is 2.21. The van der Waals surface area contributed by atoms with Crippen LogP contribution in [0.2, 0.25) is 5.02 Å². The summed E-state index contributed by atoms with van der Waals surface area (Å²) >= 11 is 5.94. The van der Waals surface area contributed by atoms with Crippen LogP contribution >= 0.6 is 11.6 Å². The Morgan fingerprint density at radius 2 is 1.92 bits per heavy atom. The zero-order valence-electron chi connectivity index (χ0n) is 13.6. The summed E-state index contributed by atoms with van der Waals surface area (Å²) in [5, 5.41) is 12.5. The smallest absolute Gasteiger partial charge is 0.229 e. The molecule has 0 fully saturated rings. The summed E-state index contributed by atoms with van der Waals surface area (Å²) in [6, 6.07) is 13.1. The van der Waals surface area contributed by atoms with E-state index in [1.807, 2.05) is 0 Å². The number of carbonyl (C=O) groups is 1. The molecule has 0 atom stereocenters. The second-order valence-corrected chi connectivity index (χ2v) is 7.71. The van der Waals surface area contributed by atoms with Crippen molar-refractivity contribution in [1.29, 1.82) is 0 Å². The Hall–Kier alpha value is -2.78. The predicted octanol–water partition coefficient (Wildman–Crippen LogP) is 2.25.